The van der Waals surface area contributed by atoms with E-state index < -0.39 is 11.4 Å². The highest BCUT2D eigenvalue weighted by Crippen LogP contribution is 2.09. The average molecular weight is 152 g/mol. The fraction of sp³-hybridized carbons (Fsp3) is 0. The molecule has 2 heterocycles. The molecule has 2 aromatic heterocycles. The van der Waals surface area contributed by atoms with E-state index >= 15 is 0 Å². The molecule has 0 atom stereocenters. The van der Waals surface area contributed by atoms with Gasteiger partial charge in [0, 0.05) is 12.4 Å². The van der Waals surface area contributed by atoms with Crippen LogP contribution in [-0.2, 0) is 0 Å². The molecule has 0 saturated carbocycles. The Morgan fingerprint density at radius 3 is 2.91 bits per heavy atom. The van der Waals surface area contributed by atoms with Crippen LogP contribution in [0.25, 0.3) is 10.9 Å². The summed E-state index contributed by atoms with van der Waals surface area (Å²) >= 11 is 0. The Kier molecular flexibility index (Phi) is 1.09. The van der Waals surface area contributed by atoms with Crippen LogP contribution in [0.2, 0.25) is 0 Å². The van der Waals surface area contributed by atoms with E-state index in [0.717, 1.165) is 0 Å². The highest BCUT2D eigenvalue weighted by Gasteiger charge is 2.04. The van der Waals surface area contributed by atoms with Crippen LogP contribution in [0, 0.1) is 5.82 Å². The van der Waals surface area contributed by atoms with Crippen molar-refractivity contribution in [1.82, 2.24) is 9.97 Å². The first-order valence-electron chi connectivity index (χ1n) is 3.13. The van der Waals surface area contributed by atoms with Crippen molar-refractivity contribution >= 4 is 10.9 Å². The molecule has 11 heavy (non-hydrogen) atoms. The number of hydrogen-bond acceptors (Lipinski definition) is 1. The lowest BCUT2D eigenvalue weighted by Gasteiger charge is -1.85. The third-order valence-corrected chi connectivity index (χ3v) is 1.55. The van der Waals surface area contributed by atoms with Crippen molar-refractivity contribution in [3.8, 4) is 0 Å². The van der Waals surface area contributed by atoms with Gasteiger partial charge in [-0.3, -0.25) is 4.79 Å². The maximum Gasteiger partial charge on any atom is 0.260 e. The number of rotatable bonds is 0. The predicted molar refractivity (Wildman–Crippen MR) is 38.9 cm³/mol. The molecule has 0 aromatic carbocycles. The topological polar surface area (TPSA) is 48.6 Å². The van der Waals surface area contributed by atoms with Gasteiger partial charge in [0.05, 0.1) is 5.52 Å². The van der Waals surface area contributed by atoms with E-state index in [1.165, 1.54) is 12.4 Å². The lowest BCUT2D eigenvalue weighted by molar-refractivity contribution is 0.638. The molecule has 4 heteroatoms. The molecular weight excluding hydrogens is 147 g/mol. The van der Waals surface area contributed by atoms with Crippen LogP contribution in [0.1, 0.15) is 0 Å². The molecule has 0 aliphatic heterocycles. The number of aromatic amines is 2. The molecule has 2 N–H and O–H groups in total. The van der Waals surface area contributed by atoms with E-state index in [4.69, 9.17) is 0 Å². The molecular formula is C7H5FN2O. The van der Waals surface area contributed by atoms with Crippen molar-refractivity contribution < 1.29 is 4.39 Å². The van der Waals surface area contributed by atoms with Gasteiger partial charge in [-0.2, -0.15) is 0 Å². The predicted octanol–water partition coefficient (Wildman–Crippen LogP) is 0.995. The smallest absolute Gasteiger partial charge is 0.260 e. The second-order valence-corrected chi connectivity index (χ2v) is 2.23. The van der Waals surface area contributed by atoms with E-state index in [9.17, 15) is 9.18 Å². The molecule has 0 amide bonds. The Bertz CT molecular complexity index is 443. The fourth-order valence-corrected chi connectivity index (χ4v) is 1.05. The Balaban J connectivity index is 3.08. The normalized spacial score (nSPS) is 10.6. The first kappa shape index (κ1) is 6.15. The summed E-state index contributed by atoms with van der Waals surface area (Å²) in [6.07, 6.45) is 2.64. The minimum atomic E-state index is -0.512. The average Bonchev–Trinajstić information content (AvgIpc) is 2.34. The molecule has 0 aliphatic carbocycles. The van der Waals surface area contributed by atoms with Crippen LogP contribution < -0.4 is 5.56 Å². The summed E-state index contributed by atoms with van der Waals surface area (Å²) < 4.78 is 12.8. The Labute approximate surface area is 60.9 Å². The number of halogens is 1. The van der Waals surface area contributed by atoms with Gasteiger partial charge in [-0.25, -0.2) is 4.39 Å². The number of fused-ring (bicyclic) bond motifs is 1. The third kappa shape index (κ3) is 0.756. The van der Waals surface area contributed by atoms with E-state index in [-0.39, 0.29) is 5.39 Å². The molecule has 2 aromatic rings. The standard InChI is InChI=1S/C7H5FN2O/c8-4-3-10-5-1-2-9-7(11)6(4)5/h1-3,10H,(H,9,11). The Morgan fingerprint density at radius 1 is 1.36 bits per heavy atom. The zero-order chi connectivity index (χ0) is 7.84. The van der Waals surface area contributed by atoms with Crippen molar-refractivity contribution in [2.45, 2.75) is 0 Å². The van der Waals surface area contributed by atoms with Gasteiger partial charge in [0.1, 0.15) is 5.39 Å². The maximum atomic E-state index is 12.8. The van der Waals surface area contributed by atoms with Gasteiger partial charge in [0.15, 0.2) is 5.82 Å². The van der Waals surface area contributed by atoms with Crippen molar-refractivity contribution in [3.63, 3.8) is 0 Å². The molecule has 3 nitrogen and oxygen atoms in total. The molecule has 2 rings (SSSR count). The molecule has 0 aliphatic rings. The summed E-state index contributed by atoms with van der Waals surface area (Å²) in [4.78, 5) is 16.0. The van der Waals surface area contributed by atoms with E-state index in [2.05, 4.69) is 9.97 Å². The van der Waals surface area contributed by atoms with E-state index in [1.807, 2.05) is 0 Å². The molecule has 0 fully saturated rings. The number of aromatic nitrogens is 2. The van der Waals surface area contributed by atoms with Crippen molar-refractivity contribution in [2.24, 2.45) is 0 Å². The van der Waals surface area contributed by atoms with Crippen LogP contribution in [0.4, 0.5) is 4.39 Å². The molecule has 0 unspecified atom stereocenters. The van der Waals surface area contributed by atoms with Gasteiger partial charge >= 0.3 is 0 Å². The minimum absolute atomic E-state index is 0.0903. The molecule has 0 radical (unpaired) electrons. The number of H-pyrrole nitrogens is 2. The van der Waals surface area contributed by atoms with Crippen molar-refractivity contribution in [1.29, 1.82) is 0 Å². The van der Waals surface area contributed by atoms with Gasteiger partial charge < -0.3 is 9.97 Å². The van der Waals surface area contributed by atoms with Gasteiger partial charge in [0.25, 0.3) is 5.56 Å². The largest absolute Gasteiger partial charge is 0.358 e. The molecule has 56 valence electrons. The van der Waals surface area contributed by atoms with E-state index in [0.29, 0.717) is 5.52 Å². The summed E-state index contributed by atoms with van der Waals surface area (Å²) in [6, 6.07) is 1.61. The van der Waals surface area contributed by atoms with Crippen LogP contribution in [0.3, 0.4) is 0 Å². The van der Waals surface area contributed by atoms with Gasteiger partial charge in [-0.05, 0) is 6.07 Å². The second kappa shape index (κ2) is 1.95. The summed E-state index contributed by atoms with van der Waals surface area (Å²) in [5.41, 5.74) is 0.118. The first-order valence-corrected chi connectivity index (χ1v) is 3.13. The number of pyridine rings is 1. The van der Waals surface area contributed by atoms with Gasteiger partial charge in [0.2, 0.25) is 0 Å². The van der Waals surface area contributed by atoms with Crippen LogP contribution >= 0.6 is 0 Å². The van der Waals surface area contributed by atoms with E-state index in [1.54, 1.807) is 6.07 Å². The van der Waals surface area contributed by atoms with Crippen LogP contribution in [0.5, 0.6) is 0 Å². The SMILES string of the molecule is O=c1[nH]ccc2[nH]cc(F)c12. The van der Waals surface area contributed by atoms with Gasteiger partial charge in [-0.1, -0.05) is 0 Å². The quantitative estimate of drug-likeness (QED) is 0.581. The maximum absolute atomic E-state index is 12.8. The number of hydrogen-bond donors (Lipinski definition) is 2. The highest BCUT2D eigenvalue weighted by molar-refractivity contribution is 5.78. The lowest BCUT2D eigenvalue weighted by Crippen LogP contribution is -2.04. The zero-order valence-corrected chi connectivity index (χ0v) is 5.52. The molecule has 0 spiro atoms. The minimum Gasteiger partial charge on any atom is -0.358 e. The monoisotopic (exact) mass is 152 g/mol. The summed E-state index contributed by atoms with van der Waals surface area (Å²) in [5.74, 6) is -0.512. The Morgan fingerprint density at radius 2 is 2.18 bits per heavy atom. The Hall–Kier alpha value is -1.58. The number of nitrogens with one attached hydrogen (secondary N) is 2. The fourth-order valence-electron chi connectivity index (χ4n) is 1.05. The zero-order valence-electron chi connectivity index (χ0n) is 5.52. The van der Waals surface area contributed by atoms with Gasteiger partial charge in [-0.15, -0.1) is 0 Å². The third-order valence-electron chi connectivity index (χ3n) is 1.55. The summed E-state index contributed by atoms with van der Waals surface area (Å²) in [6.45, 7) is 0. The molecule has 0 saturated heterocycles. The summed E-state index contributed by atoms with van der Waals surface area (Å²) in [7, 11) is 0. The highest BCUT2D eigenvalue weighted by atomic mass is 19.1. The first-order chi connectivity index (χ1) is 5.29. The van der Waals surface area contributed by atoms with Crippen LogP contribution in [0.15, 0.2) is 23.3 Å². The molecule has 0 bridgehead atoms. The lowest BCUT2D eigenvalue weighted by atomic mass is 10.3. The van der Waals surface area contributed by atoms with Crippen molar-refractivity contribution in [2.75, 3.05) is 0 Å². The summed E-state index contributed by atoms with van der Waals surface area (Å²) in [5, 5.41) is 0.0903. The second-order valence-electron chi connectivity index (χ2n) is 2.23. The van der Waals surface area contributed by atoms with Crippen molar-refractivity contribution in [3.05, 3.63) is 34.6 Å². The van der Waals surface area contributed by atoms with Crippen LogP contribution in [-0.4, -0.2) is 9.97 Å².